The Hall–Kier alpha value is -2.04. The molecule has 1 aromatic carbocycles. The summed E-state index contributed by atoms with van der Waals surface area (Å²) in [5.74, 6) is 0.587. The molecule has 0 spiro atoms. The van der Waals surface area contributed by atoms with Crippen LogP contribution in [-0.4, -0.2) is 67.5 Å². The maximum atomic E-state index is 13.4. The zero-order chi connectivity index (χ0) is 21.0. The van der Waals surface area contributed by atoms with Gasteiger partial charge in [0.1, 0.15) is 6.61 Å². The SMILES string of the molecule is NCc1ccnc(OC[C@H]2C[C@H](c3ccccc3)CN2S(=O)(=O)N2CCOCC2)c1. The Morgan fingerprint density at radius 2 is 1.93 bits per heavy atom. The van der Waals surface area contributed by atoms with Gasteiger partial charge in [-0.05, 0) is 29.5 Å². The highest BCUT2D eigenvalue weighted by Gasteiger charge is 2.43. The van der Waals surface area contributed by atoms with Crippen molar-refractivity contribution in [2.24, 2.45) is 5.73 Å². The first-order chi connectivity index (χ1) is 14.6. The first-order valence-corrected chi connectivity index (χ1v) is 11.6. The van der Waals surface area contributed by atoms with Gasteiger partial charge in [0, 0.05) is 38.4 Å². The summed E-state index contributed by atoms with van der Waals surface area (Å²) in [4.78, 5) is 4.23. The molecule has 8 nitrogen and oxygen atoms in total. The number of hydrogen-bond acceptors (Lipinski definition) is 6. The fourth-order valence-corrected chi connectivity index (χ4v) is 5.85. The molecular formula is C21H28N4O4S. The highest BCUT2D eigenvalue weighted by molar-refractivity contribution is 7.86. The minimum Gasteiger partial charge on any atom is -0.476 e. The van der Waals surface area contributed by atoms with Crippen LogP contribution < -0.4 is 10.5 Å². The maximum absolute atomic E-state index is 13.4. The van der Waals surface area contributed by atoms with Crippen LogP contribution in [0.3, 0.4) is 0 Å². The highest BCUT2D eigenvalue weighted by atomic mass is 32.2. The molecule has 2 saturated heterocycles. The Morgan fingerprint density at radius 1 is 1.17 bits per heavy atom. The number of ether oxygens (including phenoxy) is 2. The van der Waals surface area contributed by atoms with Crippen LogP contribution in [0.4, 0.5) is 0 Å². The molecule has 9 heteroatoms. The number of rotatable bonds is 7. The lowest BCUT2D eigenvalue weighted by atomic mass is 9.97. The molecular weight excluding hydrogens is 404 g/mol. The molecule has 0 radical (unpaired) electrons. The molecule has 4 rings (SSSR count). The molecule has 162 valence electrons. The zero-order valence-corrected chi connectivity index (χ0v) is 17.7. The van der Waals surface area contributed by atoms with E-state index >= 15 is 0 Å². The predicted molar refractivity (Wildman–Crippen MR) is 113 cm³/mol. The summed E-state index contributed by atoms with van der Waals surface area (Å²) >= 11 is 0. The van der Waals surface area contributed by atoms with Crippen molar-refractivity contribution in [2.75, 3.05) is 39.5 Å². The lowest BCUT2D eigenvalue weighted by Crippen LogP contribution is -2.51. The van der Waals surface area contributed by atoms with Gasteiger partial charge >= 0.3 is 0 Å². The van der Waals surface area contributed by atoms with E-state index in [2.05, 4.69) is 17.1 Å². The Morgan fingerprint density at radius 3 is 2.67 bits per heavy atom. The third-order valence-corrected chi connectivity index (χ3v) is 7.74. The third kappa shape index (κ3) is 4.65. The lowest BCUT2D eigenvalue weighted by molar-refractivity contribution is 0.0693. The molecule has 2 aliphatic heterocycles. The number of benzene rings is 1. The van der Waals surface area contributed by atoms with Gasteiger partial charge in [-0.1, -0.05) is 30.3 Å². The lowest BCUT2D eigenvalue weighted by Gasteiger charge is -2.32. The van der Waals surface area contributed by atoms with Crippen molar-refractivity contribution >= 4 is 10.2 Å². The van der Waals surface area contributed by atoms with Crippen LogP contribution in [-0.2, 0) is 21.5 Å². The van der Waals surface area contributed by atoms with Gasteiger partial charge in [0.25, 0.3) is 10.2 Å². The molecule has 0 aliphatic carbocycles. The van der Waals surface area contributed by atoms with Gasteiger partial charge in [-0.25, -0.2) is 4.98 Å². The fraction of sp³-hybridized carbons (Fsp3) is 0.476. The molecule has 3 heterocycles. The smallest absolute Gasteiger partial charge is 0.282 e. The molecule has 0 amide bonds. The van der Waals surface area contributed by atoms with Crippen molar-refractivity contribution in [3.05, 3.63) is 59.8 Å². The molecule has 0 unspecified atom stereocenters. The highest BCUT2D eigenvalue weighted by Crippen LogP contribution is 2.35. The predicted octanol–water partition coefficient (Wildman–Crippen LogP) is 1.35. The van der Waals surface area contributed by atoms with Gasteiger partial charge in [0.2, 0.25) is 5.88 Å². The number of pyridine rings is 1. The maximum Gasteiger partial charge on any atom is 0.282 e. The van der Waals surface area contributed by atoms with Gasteiger partial charge in [0.15, 0.2) is 0 Å². The van der Waals surface area contributed by atoms with Crippen molar-refractivity contribution in [3.8, 4) is 5.88 Å². The average molecular weight is 433 g/mol. The molecule has 0 saturated carbocycles. The summed E-state index contributed by atoms with van der Waals surface area (Å²) in [5.41, 5.74) is 7.76. The number of aromatic nitrogens is 1. The number of morpholine rings is 1. The Bertz CT molecular complexity index is 935. The van der Waals surface area contributed by atoms with Gasteiger partial charge in [-0.2, -0.15) is 17.0 Å². The second kappa shape index (κ2) is 9.40. The van der Waals surface area contributed by atoms with Crippen molar-refractivity contribution in [1.29, 1.82) is 0 Å². The fourth-order valence-electron chi connectivity index (χ4n) is 4.05. The van der Waals surface area contributed by atoms with E-state index in [4.69, 9.17) is 15.2 Å². The molecule has 2 N–H and O–H groups in total. The van der Waals surface area contributed by atoms with Crippen LogP contribution in [0.5, 0.6) is 5.88 Å². The van der Waals surface area contributed by atoms with E-state index in [1.807, 2.05) is 24.3 Å². The summed E-state index contributed by atoms with van der Waals surface area (Å²) in [6.07, 6.45) is 2.35. The van der Waals surface area contributed by atoms with Crippen molar-refractivity contribution in [3.63, 3.8) is 0 Å². The van der Waals surface area contributed by atoms with E-state index in [-0.39, 0.29) is 18.6 Å². The van der Waals surface area contributed by atoms with E-state index < -0.39 is 10.2 Å². The standard InChI is InChI=1S/C21H28N4O4S/c22-14-17-6-7-23-21(12-17)29-16-20-13-19(18-4-2-1-3-5-18)15-25(20)30(26,27)24-8-10-28-11-9-24/h1-7,12,19-20H,8-11,13-16,22H2/t19-,20+/m0/s1. The molecule has 2 fully saturated rings. The van der Waals surface area contributed by atoms with Crippen LogP contribution in [0, 0.1) is 0 Å². The van der Waals surface area contributed by atoms with Gasteiger partial charge < -0.3 is 15.2 Å². The number of nitrogens with two attached hydrogens (primary N) is 1. The first-order valence-electron chi connectivity index (χ1n) is 10.3. The largest absolute Gasteiger partial charge is 0.476 e. The van der Waals surface area contributed by atoms with Crippen LogP contribution >= 0.6 is 0 Å². The number of hydrogen-bond donors (Lipinski definition) is 1. The van der Waals surface area contributed by atoms with Crippen molar-refractivity contribution < 1.29 is 17.9 Å². The normalized spacial score (nSPS) is 23.5. The topological polar surface area (TPSA) is 98.0 Å². The minimum atomic E-state index is -3.60. The molecule has 2 aliphatic rings. The van der Waals surface area contributed by atoms with E-state index in [0.29, 0.717) is 51.7 Å². The summed E-state index contributed by atoms with van der Waals surface area (Å²) in [6.45, 7) is 2.68. The van der Waals surface area contributed by atoms with Crippen molar-refractivity contribution in [1.82, 2.24) is 13.6 Å². The van der Waals surface area contributed by atoms with Crippen LogP contribution in [0.15, 0.2) is 48.7 Å². The van der Waals surface area contributed by atoms with Crippen molar-refractivity contribution in [2.45, 2.75) is 24.9 Å². The Labute approximate surface area is 177 Å². The Kier molecular flexibility index (Phi) is 6.64. The second-order valence-corrected chi connectivity index (χ2v) is 9.48. The second-order valence-electron chi connectivity index (χ2n) is 7.60. The zero-order valence-electron chi connectivity index (χ0n) is 16.9. The molecule has 30 heavy (non-hydrogen) atoms. The number of nitrogens with zero attached hydrogens (tertiary/aromatic N) is 3. The third-order valence-electron chi connectivity index (χ3n) is 5.69. The minimum absolute atomic E-state index is 0.124. The van der Waals surface area contributed by atoms with Crippen LogP contribution in [0.1, 0.15) is 23.5 Å². The summed E-state index contributed by atoms with van der Waals surface area (Å²) in [7, 11) is -3.60. The van der Waals surface area contributed by atoms with E-state index in [0.717, 1.165) is 11.1 Å². The summed E-state index contributed by atoms with van der Waals surface area (Å²) < 4.78 is 41.2. The average Bonchev–Trinajstić information content (AvgIpc) is 3.24. The Balaban J connectivity index is 1.54. The van der Waals surface area contributed by atoms with Gasteiger partial charge in [0.05, 0.1) is 19.3 Å². The molecule has 2 aromatic rings. The quantitative estimate of drug-likeness (QED) is 0.709. The van der Waals surface area contributed by atoms with Gasteiger partial charge in [-0.3, -0.25) is 0 Å². The summed E-state index contributed by atoms with van der Waals surface area (Å²) in [6, 6.07) is 13.4. The molecule has 2 atom stereocenters. The van der Waals surface area contributed by atoms with Crippen LogP contribution in [0.2, 0.25) is 0 Å². The molecule has 0 bridgehead atoms. The first kappa shape index (κ1) is 21.2. The van der Waals surface area contributed by atoms with E-state index in [9.17, 15) is 8.42 Å². The molecule has 1 aromatic heterocycles. The van der Waals surface area contributed by atoms with E-state index in [1.165, 1.54) is 4.31 Å². The van der Waals surface area contributed by atoms with Crippen LogP contribution in [0.25, 0.3) is 0 Å². The van der Waals surface area contributed by atoms with Gasteiger partial charge in [-0.15, -0.1) is 0 Å². The monoisotopic (exact) mass is 432 g/mol. The summed E-state index contributed by atoms with van der Waals surface area (Å²) in [5, 5.41) is 0. The van der Waals surface area contributed by atoms with E-state index in [1.54, 1.807) is 16.6 Å².